The van der Waals surface area contributed by atoms with Gasteiger partial charge in [0.15, 0.2) is 0 Å². The van der Waals surface area contributed by atoms with E-state index in [4.69, 9.17) is 0 Å². The molecule has 0 radical (unpaired) electrons. The van der Waals surface area contributed by atoms with Gasteiger partial charge < -0.3 is 14.5 Å². The Morgan fingerprint density at radius 1 is 1.15 bits per heavy atom. The number of pyridine rings is 1. The number of carboxylic acid groups (broad SMARTS) is 1. The minimum absolute atomic E-state index is 0.0387. The zero-order valence-corrected chi connectivity index (χ0v) is 13.8. The van der Waals surface area contributed by atoms with Crippen LogP contribution in [0.4, 0.5) is 4.39 Å². The van der Waals surface area contributed by atoms with Crippen molar-refractivity contribution in [1.29, 1.82) is 0 Å². The molecule has 0 unspecified atom stereocenters. The molecular formula is C20H13FN3O2-. The lowest BCUT2D eigenvalue weighted by atomic mass is 9.97. The second-order valence-electron chi connectivity index (χ2n) is 5.93. The molecule has 2 aromatic carbocycles. The number of carbonyl (C=O) groups is 1. The van der Waals surface area contributed by atoms with Crippen molar-refractivity contribution in [3.05, 3.63) is 78.1 Å². The van der Waals surface area contributed by atoms with Crippen LogP contribution in [0.3, 0.4) is 0 Å². The maximum atomic E-state index is 13.6. The Morgan fingerprint density at radius 2 is 1.92 bits per heavy atom. The van der Waals surface area contributed by atoms with Crippen molar-refractivity contribution in [2.24, 2.45) is 0 Å². The molecule has 0 aliphatic rings. The molecule has 26 heavy (non-hydrogen) atoms. The van der Waals surface area contributed by atoms with Gasteiger partial charge >= 0.3 is 0 Å². The Morgan fingerprint density at radius 3 is 2.58 bits per heavy atom. The van der Waals surface area contributed by atoms with Gasteiger partial charge in [-0.1, -0.05) is 12.1 Å². The van der Waals surface area contributed by atoms with Crippen molar-refractivity contribution >= 4 is 16.9 Å². The number of imidazole rings is 1. The van der Waals surface area contributed by atoms with Crippen LogP contribution < -0.4 is 5.11 Å². The van der Waals surface area contributed by atoms with Gasteiger partial charge in [0.2, 0.25) is 0 Å². The molecule has 5 nitrogen and oxygen atoms in total. The second kappa shape index (κ2) is 6.07. The minimum atomic E-state index is -1.35. The normalized spacial score (nSPS) is 11.0. The molecular weight excluding hydrogens is 333 g/mol. The standard InChI is InChI=1S/C20H14FN3O2/c1-12-18(20(25)26)16-10-14(21)4-7-17(16)23-19(12)13-2-5-15(6-3-13)24-9-8-22-11-24/h2-11H,1H3,(H,25,26)/p-1. The van der Waals surface area contributed by atoms with Gasteiger partial charge in [-0.15, -0.1) is 0 Å². The molecule has 0 amide bonds. The average Bonchev–Trinajstić information content (AvgIpc) is 3.15. The van der Waals surface area contributed by atoms with E-state index >= 15 is 0 Å². The highest BCUT2D eigenvalue weighted by Gasteiger charge is 2.15. The SMILES string of the molecule is Cc1c(-c2ccc(-n3ccnc3)cc2)nc2ccc(F)cc2c1C(=O)[O-]. The quantitative estimate of drug-likeness (QED) is 0.572. The lowest BCUT2D eigenvalue weighted by molar-refractivity contribution is -0.254. The summed E-state index contributed by atoms with van der Waals surface area (Å²) in [4.78, 5) is 20.2. The summed E-state index contributed by atoms with van der Waals surface area (Å²) in [5.74, 6) is -1.87. The number of halogens is 1. The largest absolute Gasteiger partial charge is 0.545 e. The van der Waals surface area contributed by atoms with Gasteiger partial charge in [0.05, 0.1) is 23.5 Å². The van der Waals surface area contributed by atoms with E-state index in [1.54, 1.807) is 19.4 Å². The number of carbonyl (C=O) groups excluding carboxylic acids is 1. The second-order valence-corrected chi connectivity index (χ2v) is 5.93. The minimum Gasteiger partial charge on any atom is -0.545 e. The fraction of sp³-hybridized carbons (Fsp3) is 0.0500. The van der Waals surface area contributed by atoms with E-state index in [9.17, 15) is 14.3 Å². The van der Waals surface area contributed by atoms with E-state index in [0.29, 0.717) is 16.8 Å². The first-order valence-electron chi connectivity index (χ1n) is 7.94. The van der Waals surface area contributed by atoms with Crippen LogP contribution in [0.25, 0.3) is 27.8 Å². The first-order valence-corrected chi connectivity index (χ1v) is 7.94. The number of carboxylic acids is 1. The Bertz CT molecular complexity index is 1120. The molecule has 0 bridgehead atoms. The fourth-order valence-electron chi connectivity index (χ4n) is 3.08. The van der Waals surface area contributed by atoms with E-state index in [2.05, 4.69) is 9.97 Å². The number of benzene rings is 2. The maximum Gasteiger partial charge on any atom is 0.123 e. The van der Waals surface area contributed by atoms with Crippen LogP contribution in [0, 0.1) is 12.7 Å². The lowest BCUT2D eigenvalue weighted by Crippen LogP contribution is -2.24. The third-order valence-corrected chi connectivity index (χ3v) is 4.34. The highest BCUT2D eigenvalue weighted by molar-refractivity contribution is 6.04. The third kappa shape index (κ3) is 2.61. The maximum absolute atomic E-state index is 13.6. The van der Waals surface area contributed by atoms with Crippen LogP contribution in [0.5, 0.6) is 0 Å². The first-order chi connectivity index (χ1) is 12.5. The van der Waals surface area contributed by atoms with Crippen molar-refractivity contribution in [3.8, 4) is 16.9 Å². The van der Waals surface area contributed by atoms with Gasteiger partial charge in [-0.2, -0.15) is 0 Å². The molecule has 0 saturated heterocycles. The van der Waals surface area contributed by atoms with E-state index in [1.165, 1.54) is 18.2 Å². The summed E-state index contributed by atoms with van der Waals surface area (Å²) in [5, 5.41) is 11.9. The van der Waals surface area contributed by atoms with Crippen LogP contribution >= 0.6 is 0 Å². The smallest absolute Gasteiger partial charge is 0.123 e. The highest BCUT2D eigenvalue weighted by Crippen LogP contribution is 2.30. The molecule has 6 heteroatoms. The molecule has 0 N–H and O–H groups in total. The van der Waals surface area contributed by atoms with Gasteiger partial charge in [-0.3, -0.25) is 0 Å². The number of aromatic nitrogens is 3. The fourth-order valence-corrected chi connectivity index (χ4v) is 3.08. The molecule has 4 aromatic rings. The summed E-state index contributed by atoms with van der Waals surface area (Å²) >= 11 is 0. The number of nitrogens with zero attached hydrogens (tertiary/aromatic N) is 3. The van der Waals surface area contributed by atoms with Gasteiger partial charge in [-0.05, 0) is 42.8 Å². The Kier molecular flexibility index (Phi) is 3.73. The number of aromatic carboxylic acids is 1. The van der Waals surface area contributed by atoms with Crippen molar-refractivity contribution < 1.29 is 14.3 Å². The molecule has 0 aliphatic heterocycles. The van der Waals surface area contributed by atoms with Gasteiger partial charge in [-0.25, -0.2) is 14.4 Å². The van der Waals surface area contributed by atoms with Crippen LogP contribution in [-0.4, -0.2) is 20.5 Å². The van der Waals surface area contributed by atoms with Crippen LogP contribution in [0.15, 0.2) is 61.2 Å². The Labute approximate surface area is 148 Å². The number of hydrogen-bond acceptors (Lipinski definition) is 4. The summed E-state index contributed by atoms with van der Waals surface area (Å²) in [6.45, 7) is 1.65. The summed E-state index contributed by atoms with van der Waals surface area (Å²) in [6, 6.07) is 11.4. The predicted octanol–water partition coefficient (Wildman–Crippen LogP) is 2.90. The molecule has 0 fully saturated rings. The number of fused-ring (bicyclic) bond motifs is 1. The van der Waals surface area contributed by atoms with E-state index in [1.807, 2.05) is 35.0 Å². The average molecular weight is 346 g/mol. The molecule has 2 aromatic heterocycles. The van der Waals surface area contributed by atoms with Gasteiger partial charge in [0.25, 0.3) is 0 Å². The van der Waals surface area contributed by atoms with Gasteiger partial charge in [0.1, 0.15) is 5.82 Å². The number of rotatable bonds is 3. The predicted molar refractivity (Wildman–Crippen MR) is 93.3 cm³/mol. The van der Waals surface area contributed by atoms with Gasteiger partial charge in [0, 0.05) is 34.6 Å². The summed E-state index contributed by atoms with van der Waals surface area (Å²) in [6.07, 6.45) is 5.21. The summed E-state index contributed by atoms with van der Waals surface area (Å²) in [7, 11) is 0. The zero-order valence-electron chi connectivity index (χ0n) is 13.8. The molecule has 2 heterocycles. The Balaban J connectivity index is 1.90. The molecule has 0 aliphatic carbocycles. The van der Waals surface area contributed by atoms with Crippen molar-refractivity contribution in [1.82, 2.24) is 14.5 Å². The van der Waals surface area contributed by atoms with Crippen LogP contribution in [0.1, 0.15) is 15.9 Å². The van der Waals surface area contributed by atoms with E-state index in [-0.39, 0.29) is 10.9 Å². The highest BCUT2D eigenvalue weighted by atomic mass is 19.1. The lowest BCUT2D eigenvalue weighted by Gasteiger charge is -2.15. The first kappa shape index (κ1) is 16.0. The van der Waals surface area contributed by atoms with Crippen molar-refractivity contribution in [2.45, 2.75) is 6.92 Å². The zero-order chi connectivity index (χ0) is 18.3. The molecule has 4 rings (SSSR count). The third-order valence-electron chi connectivity index (χ3n) is 4.34. The molecule has 0 spiro atoms. The molecule has 128 valence electrons. The van der Waals surface area contributed by atoms with E-state index in [0.717, 1.165) is 11.3 Å². The summed E-state index contributed by atoms with van der Waals surface area (Å²) in [5.41, 5.74) is 3.03. The van der Waals surface area contributed by atoms with Crippen molar-refractivity contribution in [3.63, 3.8) is 0 Å². The van der Waals surface area contributed by atoms with E-state index < -0.39 is 11.8 Å². The molecule has 0 saturated carbocycles. The topological polar surface area (TPSA) is 70.8 Å². The monoisotopic (exact) mass is 346 g/mol. The summed E-state index contributed by atoms with van der Waals surface area (Å²) < 4.78 is 15.4. The van der Waals surface area contributed by atoms with Crippen LogP contribution in [0.2, 0.25) is 0 Å². The van der Waals surface area contributed by atoms with Crippen LogP contribution in [-0.2, 0) is 0 Å². The van der Waals surface area contributed by atoms with Crippen molar-refractivity contribution in [2.75, 3.05) is 0 Å². The molecule has 0 atom stereocenters. The Hall–Kier alpha value is -3.54. The number of hydrogen-bond donors (Lipinski definition) is 0.